The van der Waals surface area contributed by atoms with E-state index in [-0.39, 0.29) is 0 Å². The molecule has 0 aliphatic carbocycles. The molecule has 0 radical (unpaired) electrons. The lowest BCUT2D eigenvalue weighted by Gasteiger charge is -2.20. The Balaban J connectivity index is 0.00000117. The molecule has 0 aromatic carbocycles. The van der Waals surface area contributed by atoms with Gasteiger partial charge in [0.25, 0.3) is 0 Å². The first kappa shape index (κ1) is 20.5. The molecule has 0 unspecified atom stereocenters. The van der Waals surface area contributed by atoms with Gasteiger partial charge in [-0.05, 0) is 58.0 Å². The van der Waals surface area contributed by atoms with Crippen LogP contribution in [0.5, 0.6) is 0 Å². The fourth-order valence-electron chi connectivity index (χ4n) is 3.09. The maximum Gasteiger partial charge on any atom is 0.420 e. The number of aryl methyl sites for hydroxylation is 1. The normalized spacial score (nSPS) is 11.2. The van der Waals surface area contributed by atoms with Crippen molar-refractivity contribution in [1.82, 2.24) is 19.5 Å². The lowest BCUT2D eigenvalue weighted by molar-refractivity contribution is 0.0550. The highest BCUT2D eigenvalue weighted by Gasteiger charge is 2.23. The van der Waals surface area contributed by atoms with Crippen molar-refractivity contribution in [2.45, 2.75) is 47.1 Å². The van der Waals surface area contributed by atoms with E-state index in [0.717, 1.165) is 33.2 Å². The molecule has 150 valence electrons. The van der Waals surface area contributed by atoms with E-state index >= 15 is 0 Å². The summed E-state index contributed by atoms with van der Waals surface area (Å²) in [6.07, 6.45) is 4.71. The van der Waals surface area contributed by atoms with Gasteiger partial charge in [-0.15, -0.1) is 0 Å². The number of nitrogens with zero attached hydrogens (tertiary/aromatic N) is 4. The molecule has 0 amide bonds. The van der Waals surface area contributed by atoms with Crippen LogP contribution in [0, 0.1) is 6.92 Å². The first-order chi connectivity index (χ1) is 13.8. The number of hydrogen-bond acceptors (Lipinski definition) is 5. The number of carbonyl (C=O) groups excluding carboxylic acids is 1. The molecule has 0 saturated carbocycles. The first-order valence-corrected chi connectivity index (χ1v) is 9.75. The van der Waals surface area contributed by atoms with Crippen LogP contribution >= 0.6 is 0 Å². The molecule has 6 heteroatoms. The molecule has 0 aliphatic rings. The maximum absolute atomic E-state index is 12.9. The fourth-order valence-corrected chi connectivity index (χ4v) is 3.09. The monoisotopic (exact) mass is 390 g/mol. The fraction of sp³-hybridized carbons (Fsp3) is 0.304. The second-order valence-corrected chi connectivity index (χ2v) is 7.46. The highest BCUT2D eigenvalue weighted by atomic mass is 16.6. The smallest absolute Gasteiger partial charge is 0.420 e. The van der Waals surface area contributed by atoms with Crippen LogP contribution in [0.25, 0.3) is 33.2 Å². The van der Waals surface area contributed by atoms with Crippen LogP contribution in [0.4, 0.5) is 4.79 Å². The van der Waals surface area contributed by atoms with Crippen molar-refractivity contribution in [2.24, 2.45) is 0 Å². The molecule has 0 N–H and O–H groups in total. The van der Waals surface area contributed by atoms with Crippen molar-refractivity contribution in [3.63, 3.8) is 0 Å². The van der Waals surface area contributed by atoms with E-state index in [4.69, 9.17) is 9.72 Å². The first-order valence-electron chi connectivity index (χ1n) is 9.75. The van der Waals surface area contributed by atoms with Crippen molar-refractivity contribution >= 4 is 28.0 Å². The van der Waals surface area contributed by atoms with Crippen LogP contribution in [0.3, 0.4) is 0 Å². The maximum atomic E-state index is 12.9. The van der Waals surface area contributed by atoms with E-state index < -0.39 is 11.7 Å². The molecule has 0 fully saturated rings. The number of rotatable bonds is 1. The molecule has 0 atom stereocenters. The molecule has 0 bridgehead atoms. The highest BCUT2D eigenvalue weighted by Crippen LogP contribution is 2.30. The summed E-state index contributed by atoms with van der Waals surface area (Å²) in [4.78, 5) is 26.1. The van der Waals surface area contributed by atoms with Crippen LogP contribution in [-0.2, 0) is 4.74 Å². The SMILES string of the molecule is CC.Cc1cc(-c2ccc3c4cnccc4n(C(=O)OC(C)(C)C)c3n2)ccn1. The molecular weight excluding hydrogens is 364 g/mol. The average Bonchev–Trinajstić information content (AvgIpc) is 3.02. The number of carbonyl (C=O) groups is 1. The minimum atomic E-state index is -0.604. The third-order valence-corrected chi connectivity index (χ3v) is 4.18. The zero-order chi connectivity index (χ0) is 21.2. The van der Waals surface area contributed by atoms with Gasteiger partial charge in [0.05, 0.1) is 11.2 Å². The number of hydrogen-bond donors (Lipinski definition) is 0. The lowest BCUT2D eigenvalue weighted by Crippen LogP contribution is -2.27. The van der Waals surface area contributed by atoms with Crippen molar-refractivity contribution in [3.8, 4) is 11.3 Å². The van der Waals surface area contributed by atoms with E-state index in [2.05, 4.69) is 9.97 Å². The van der Waals surface area contributed by atoms with Gasteiger partial charge in [0.15, 0.2) is 5.65 Å². The Morgan fingerprint density at radius 2 is 1.79 bits per heavy atom. The zero-order valence-electron chi connectivity index (χ0n) is 17.7. The number of fused-ring (bicyclic) bond motifs is 3. The summed E-state index contributed by atoms with van der Waals surface area (Å²) in [7, 11) is 0. The van der Waals surface area contributed by atoms with E-state index in [1.807, 2.05) is 65.8 Å². The minimum absolute atomic E-state index is 0.454. The number of pyridine rings is 3. The van der Waals surface area contributed by atoms with Gasteiger partial charge in [-0.25, -0.2) is 14.3 Å². The van der Waals surface area contributed by atoms with Gasteiger partial charge in [-0.1, -0.05) is 13.8 Å². The van der Waals surface area contributed by atoms with E-state index in [1.54, 1.807) is 24.7 Å². The van der Waals surface area contributed by atoms with Crippen LogP contribution in [0.2, 0.25) is 0 Å². The van der Waals surface area contributed by atoms with E-state index in [9.17, 15) is 4.79 Å². The molecule has 4 rings (SSSR count). The summed E-state index contributed by atoms with van der Waals surface area (Å²) >= 11 is 0. The third-order valence-electron chi connectivity index (χ3n) is 4.18. The Bertz CT molecular complexity index is 1170. The molecule has 0 saturated heterocycles. The average molecular weight is 390 g/mol. The second-order valence-electron chi connectivity index (χ2n) is 7.46. The Morgan fingerprint density at radius 3 is 2.48 bits per heavy atom. The van der Waals surface area contributed by atoms with Gasteiger partial charge in [-0.3, -0.25) is 9.97 Å². The lowest BCUT2D eigenvalue weighted by atomic mass is 10.1. The summed E-state index contributed by atoms with van der Waals surface area (Å²) in [5.41, 5.74) is 3.31. The van der Waals surface area contributed by atoms with Crippen molar-refractivity contribution < 1.29 is 9.53 Å². The van der Waals surface area contributed by atoms with Crippen molar-refractivity contribution in [1.29, 1.82) is 0 Å². The van der Waals surface area contributed by atoms with Gasteiger partial charge in [0, 0.05) is 40.6 Å². The molecule has 4 aromatic heterocycles. The van der Waals surface area contributed by atoms with Crippen LogP contribution < -0.4 is 0 Å². The Labute approximate surface area is 170 Å². The minimum Gasteiger partial charge on any atom is -0.443 e. The molecule has 0 aliphatic heterocycles. The van der Waals surface area contributed by atoms with Gasteiger partial charge < -0.3 is 4.74 Å². The largest absolute Gasteiger partial charge is 0.443 e. The van der Waals surface area contributed by atoms with E-state index in [0.29, 0.717) is 5.65 Å². The molecule has 0 spiro atoms. The second kappa shape index (κ2) is 7.99. The topological polar surface area (TPSA) is 69.9 Å². The quantitative estimate of drug-likeness (QED) is 0.413. The van der Waals surface area contributed by atoms with Gasteiger partial charge >= 0.3 is 6.09 Å². The summed E-state index contributed by atoms with van der Waals surface area (Å²) in [6, 6.07) is 9.60. The summed E-state index contributed by atoms with van der Waals surface area (Å²) in [6.45, 7) is 11.5. The molecule has 29 heavy (non-hydrogen) atoms. The van der Waals surface area contributed by atoms with Crippen LogP contribution in [0.1, 0.15) is 40.3 Å². The third kappa shape index (κ3) is 4.11. The predicted octanol–water partition coefficient (Wildman–Crippen LogP) is 5.76. The molecule has 4 heterocycles. The summed E-state index contributed by atoms with van der Waals surface area (Å²) < 4.78 is 7.14. The van der Waals surface area contributed by atoms with Gasteiger partial charge in [0.2, 0.25) is 0 Å². The van der Waals surface area contributed by atoms with Crippen LogP contribution in [0.15, 0.2) is 48.9 Å². The molecular formula is C23H26N4O2. The summed E-state index contributed by atoms with van der Waals surface area (Å²) in [5.74, 6) is 0. The van der Waals surface area contributed by atoms with Crippen molar-refractivity contribution in [3.05, 3.63) is 54.6 Å². The van der Waals surface area contributed by atoms with Gasteiger partial charge in [0.1, 0.15) is 5.60 Å². The summed E-state index contributed by atoms with van der Waals surface area (Å²) in [5, 5.41) is 1.72. The number of aromatic nitrogens is 4. The Hall–Kier alpha value is -3.28. The van der Waals surface area contributed by atoms with E-state index in [1.165, 1.54) is 4.57 Å². The van der Waals surface area contributed by atoms with Crippen LogP contribution in [-0.4, -0.2) is 31.2 Å². The molecule has 4 aromatic rings. The zero-order valence-corrected chi connectivity index (χ0v) is 17.7. The Kier molecular flexibility index (Phi) is 5.64. The van der Waals surface area contributed by atoms with Gasteiger partial charge in [-0.2, -0.15) is 0 Å². The Morgan fingerprint density at radius 1 is 1.03 bits per heavy atom. The highest BCUT2D eigenvalue weighted by molar-refractivity contribution is 6.11. The molecule has 6 nitrogen and oxygen atoms in total. The standard InChI is InChI=1S/C21H20N4O2.C2H6/c1-13-11-14(7-10-23-13)17-6-5-15-16-12-22-9-8-18(16)25(19(15)24-17)20(26)27-21(2,3)4;1-2/h5-12H,1-4H3;1-2H3. The predicted molar refractivity (Wildman–Crippen MR) is 116 cm³/mol. The number of ether oxygens (including phenoxy) is 1. The van der Waals surface area contributed by atoms with Crippen molar-refractivity contribution in [2.75, 3.05) is 0 Å².